The SMILES string of the molecule is CCCCC[C@H](O)/C=C/[C@@H]1[C@@H](C/C=C\CCCC(=O)NS(C)(=O)=O)[C@@H](O)C[C@H]1C.CCCCC[C@H](O)/C=C/[C@@H]1[C@@H](C/C=C\CCCC(=O)OC)[C@@H](O)C[C@H]1C.CCCCC[C@H](O)/C=C/[C@@H]1[C@@H](C/C=C\CCCC(=O)OC)[C@@H](O)C[C@H]1O.[2H]B(C)S.[2H]B([3H])CSO[C@H](/C=C/[C@@H]1[C@@H](C/C=C\CCCC(=O)O)[C@@H](O[3H])C[C@H]1C)CCCCC. The summed E-state index contributed by atoms with van der Waals surface area (Å²) in [5, 5.41) is 85.3. The van der Waals surface area contributed by atoms with Gasteiger partial charge in [-0.05, 0) is 203 Å². The average Bonchev–Trinajstić information content (AvgIpc) is 1.71. The van der Waals surface area contributed by atoms with Gasteiger partial charge in [-0.2, -0.15) is 0 Å². The van der Waals surface area contributed by atoms with Gasteiger partial charge in [-0.25, -0.2) is 20.9 Å². The van der Waals surface area contributed by atoms with Crippen molar-refractivity contribution in [1.82, 2.24) is 4.72 Å². The minimum atomic E-state index is -3.49. The zero-order chi connectivity index (χ0) is 87.2. The lowest BCUT2D eigenvalue weighted by molar-refractivity contribution is -0.141. The lowest BCUT2D eigenvalue weighted by Crippen LogP contribution is -2.28. The van der Waals surface area contributed by atoms with Gasteiger partial charge in [-0.3, -0.25) is 23.9 Å². The molecule has 0 spiro atoms. The Bertz CT molecular complexity index is 2820. The molecule has 10 N–H and O–H groups in total. The molecule has 0 aromatic heterocycles. The third-order valence-corrected chi connectivity index (χ3v) is 22.8. The Hall–Kier alpha value is -3.78. The zero-order valence-electron chi connectivity index (χ0n) is 74.5. The first-order valence-corrected chi connectivity index (χ1v) is 45.9. The molecule has 4 saturated carbocycles. The van der Waals surface area contributed by atoms with Crippen molar-refractivity contribution in [2.24, 2.45) is 65.1 Å². The Morgan fingerprint density at radius 1 is 0.545 bits per heavy atom. The van der Waals surface area contributed by atoms with Crippen molar-refractivity contribution in [3.8, 4) is 0 Å². The number of carboxylic acids is 1. The number of esters is 2. The number of methoxy groups -OCH3 is 2. The normalized spacial score (nSPS) is 26.7. The molecule has 20 atom stereocenters. The number of amides is 1. The predicted molar refractivity (Wildman–Crippen MR) is 468 cm³/mol. The topological polar surface area (TPSA) is 324 Å². The lowest BCUT2D eigenvalue weighted by atomic mass is 9.86. The number of hydrogen-bond acceptors (Lipinski definition) is 19. The van der Waals surface area contributed by atoms with Gasteiger partial charge in [0.1, 0.15) is 7.77 Å². The van der Waals surface area contributed by atoms with Crippen LogP contribution in [-0.2, 0) is 42.9 Å². The zero-order valence-corrected chi connectivity index (χ0v) is 73.1. The number of aliphatic carboxylic acids is 1. The van der Waals surface area contributed by atoms with Crippen LogP contribution in [-0.4, -0.2) is 179 Å². The fourth-order valence-corrected chi connectivity index (χ4v) is 16.2. The van der Waals surface area contributed by atoms with E-state index in [-0.39, 0.29) is 97.3 Å². The summed E-state index contributed by atoms with van der Waals surface area (Å²) in [6.07, 6.45) is 59.8. The van der Waals surface area contributed by atoms with E-state index >= 15 is 0 Å². The van der Waals surface area contributed by atoms with Gasteiger partial charge in [0, 0.05) is 38.0 Å². The number of nitrogens with one attached hydrogen (secondary N) is 1. The number of carboxylic acid groups (broad SMARTS) is 1. The first-order valence-electron chi connectivity index (χ1n) is 44.7. The van der Waals surface area contributed by atoms with Crippen molar-refractivity contribution in [3.05, 3.63) is 97.2 Å². The summed E-state index contributed by atoms with van der Waals surface area (Å²) in [4.78, 5) is 44.2. The predicted octanol–water partition coefficient (Wildman–Crippen LogP) is 15.7. The fraction of sp³-hybridized carbons (Fsp3) is 0.773. The molecule has 4 aliphatic rings. The van der Waals surface area contributed by atoms with Gasteiger partial charge in [-0.1, -0.05) is 230 Å². The summed E-state index contributed by atoms with van der Waals surface area (Å²) < 4.78 is 67.6. The standard InChI is InChI=1S/C22H39BO4S.C22H39NO5S.C22H38O4.C21H36O5.CH5BS/c1-3-4-7-10-18(27-28-16-23)13-14-19-17(2)15-21(24)20(19)11-8-5-6-9-12-22(25)26;1-4-5-8-11-18(24)14-15-19-17(2)16-21(25)20(19)12-9-6-7-10-13-22(26)23-29(3,27)28;1-4-5-8-11-18(23)14-15-19-17(2)16-21(24)20(19)12-9-6-7-10-13-22(25)26-3;1-3-4-7-10-16(22)13-14-18-17(19(23)15-20(18)24)11-8-5-6-9-12-21(25)26-2;1-2-3/h5,8,13-14,17-21,24H,3-4,6-7,9-12,15-16,23H2,1-2H3,(H,25,26);6,9,14-15,17-21,24-25H,4-5,7-8,10-13,16H2,1-3H3,(H,23,26);6,9,14-15,17-21,23-24H,4-5,7-8,10-13,16H2,1-3H3;5,8,13-14,16-20,22-24H,3-4,6-7,9-12,15H2,1-2H3;2-3H,1H3/b8-5-,14-13+;2*9-6-,15-14+;8-5-,14-13+;/t3*17-,18+,19+,20-,21+;16-,17+,18+,19-,20+;/m1110./s1/i23TD,24T;;;;2D. The molecule has 19 nitrogen and oxygen atoms in total. The number of unbranched alkanes of at least 4 members (excludes halogenated alkanes) is 12. The van der Waals surface area contributed by atoms with Crippen LogP contribution in [0.5, 0.6) is 0 Å². The van der Waals surface area contributed by atoms with Crippen molar-refractivity contribution in [3.63, 3.8) is 0 Å². The van der Waals surface area contributed by atoms with E-state index in [1.54, 1.807) is 12.9 Å². The Balaban J connectivity index is 0.00000150. The summed E-state index contributed by atoms with van der Waals surface area (Å²) in [5.41, 5.74) is 0.335. The first kappa shape index (κ1) is 101. The van der Waals surface area contributed by atoms with E-state index in [1.165, 1.54) is 26.3 Å². The molecule has 0 aliphatic heterocycles. The van der Waals surface area contributed by atoms with Crippen molar-refractivity contribution in [2.45, 2.75) is 341 Å². The fourth-order valence-electron chi connectivity index (χ4n) is 15.2. The molecule has 1 amide bonds. The molecule has 4 aliphatic carbocycles. The number of aliphatic hydroxyl groups is 8. The molecule has 0 saturated heterocycles. The molecule has 0 bridgehead atoms. The molecule has 4 fully saturated rings. The lowest BCUT2D eigenvalue weighted by Gasteiger charge is -2.21. The highest BCUT2D eigenvalue weighted by atomic mass is 32.2. The monoisotopic (exact) mass is 1640 g/mol. The molecule has 646 valence electrons. The number of ether oxygens (including phenoxy) is 2. The van der Waals surface area contributed by atoms with Gasteiger partial charge in [0.05, 0.1) is 75.4 Å². The molecule has 0 heterocycles. The maximum Gasteiger partial charge on any atom is 0.305 e. The molecule has 24 heteroatoms. The summed E-state index contributed by atoms with van der Waals surface area (Å²) in [7, 11) is -1.57. The van der Waals surface area contributed by atoms with Gasteiger partial charge in [0.15, 0.2) is 6.52 Å². The Kier molecular flexibility index (Phi) is 61.2. The Labute approximate surface area is 696 Å². The quantitative estimate of drug-likeness (QED) is 0.00673. The highest BCUT2D eigenvalue weighted by Gasteiger charge is 2.41. The van der Waals surface area contributed by atoms with Crippen molar-refractivity contribution in [1.29, 1.82) is 5.44 Å². The second kappa shape index (κ2) is 68.2. The number of carbonyl (C=O) groups is 4. The van der Waals surface area contributed by atoms with Crippen LogP contribution >= 0.6 is 24.5 Å². The molecular formula is C88H157B2NO18S3. The Morgan fingerprint density at radius 2 is 0.884 bits per heavy atom. The van der Waals surface area contributed by atoms with Gasteiger partial charge < -0.3 is 59.6 Å². The third-order valence-electron chi connectivity index (χ3n) is 21.6. The molecule has 0 aromatic rings. The van der Waals surface area contributed by atoms with Gasteiger partial charge >= 0.3 is 17.9 Å². The van der Waals surface area contributed by atoms with Crippen molar-refractivity contribution < 1.29 is 87.2 Å². The number of rotatable bonds is 54. The summed E-state index contributed by atoms with van der Waals surface area (Å²) in [6, 6.07) is 0. The van der Waals surface area contributed by atoms with E-state index in [2.05, 4.69) is 113 Å². The van der Waals surface area contributed by atoms with Gasteiger partial charge in [0.2, 0.25) is 17.4 Å². The second-order valence-electron chi connectivity index (χ2n) is 31.3. The van der Waals surface area contributed by atoms with E-state index in [4.69, 9.17) is 19.8 Å². The summed E-state index contributed by atoms with van der Waals surface area (Å²) in [5.74, 6) is 0.843. The minimum Gasteiger partial charge on any atom is -0.481 e. The van der Waals surface area contributed by atoms with Crippen LogP contribution in [0.3, 0.4) is 0 Å². The van der Waals surface area contributed by atoms with E-state index in [0.29, 0.717) is 80.2 Å². The summed E-state index contributed by atoms with van der Waals surface area (Å²) >= 11 is 4.84. The number of thiol groups is 1. The van der Waals surface area contributed by atoms with E-state index < -0.39 is 54.1 Å². The number of sulfonamides is 1. The smallest absolute Gasteiger partial charge is 0.305 e. The van der Waals surface area contributed by atoms with Crippen molar-refractivity contribution in [2.75, 3.05) is 26.1 Å². The molecule has 112 heavy (non-hydrogen) atoms. The summed E-state index contributed by atoms with van der Waals surface area (Å²) in [6.45, 7) is 16.6. The van der Waals surface area contributed by atoms with Crippen LogP contribution in [0.2, 0.25) is 6.82 Å². The van der Waals surface area contributed by atoms with Crippen LogP contribution in [0.15, 0.2) is 97.2 Å². The minimum absolute atomic E-state index is 0.0364. The van der Waals surface area contributed by atoms with Crippen molar-refractivity contribution >= 4 is 72.7 Å². The largest absolute Gasteiger partial charge is 0.481 e. The molecular weight excluding hydrogens is 1480 g/mol. The average molecular weight is 1640 g/mol. The highest BCUT2D eigenvalue weighted by Crippen LogP contribution is 2.43. The maximum atomic E-state index is 11.5. The van der Waals surface area contributed by atoms with E-state index in [9.17, 15) is 63.3 Å². The second-order valence-corrected chi connectivity index (χ2v) is 34.3. The van der Waals surface area contributed by atoms with Crippen LogP contribution in [0.1, 0.15) is 280 Å². The van der Waals surface area contributed by atoms with E-state index in [1.807, 2.05) is 53.3 Å². The number of hydrogen-bond donors (Lipinski definition) is 11. The number of allylic oxidation sites excluding steroid dienone is 11. The molecule has 0 aromatic carbocycles. The maximum absolute atomic E-state index is 11.5. The first-order chi connectivity index (χ1) is 55.2. The van der Waals surface area contributed by atoms with Crippen LogP contribution < -0.4 is 4.72 Å². The van der Waals surface area contributed by atoms with Crippen LogP contribution in [0.25, 0.3) is 0 Å². The number of aliphatic hydroxyl groups excluding tert-OH is 8. The highest BCUT2D eigenvalue weighted by molar-refractivity contribution is 8.06. The van der Waals surface area contributed by atoms with Gasteiger partial charge in [-0.15, -0.1) is 0 Å². The third kappa shape index (κ3) is 52.8. The van der Waals surface area contributed by atoms with Gasteiger partial charge in [0.25, 0.3) is 0 Å². The van der Waals surface area contributed by atoms with Crippen LogP contribution in [0.4, 0.5) is 0 Å². The van der Waals surface area contributed by atoms with Crippen LogP contribution in [0, 0.1) is 65.1 Å². The molecule has 0 radical (unpaired) electrons. The molecule has 0 unspecified atom stereocenters. The number of carbonyl (C=O) groups excluding carboxylic acids is 3. The van der Waals surface area contributed by atoms with E-state index in [0.717, 1.165) is 180 Å². The Morgan fingerprint density at radius 3 is 1.25 bits per heavy atom. The molecule has 4 rings (SSSR count).